The van der Waals surface area contributed by atoms with Crippen molar-refractivity contribution >= 4 is 57.3 Å². The van der Waals surface area contributed by atoms with Gasteiger partial charge < -0.3 is 0 Å². The molecule has 78 valence electrons. The van der Waals surface area contributed by atoms with Crippen LogP contribution >= 0.6 is 46.4 Å². The Morgan fingerprint density at radius 1 is 1.00 bits per heavy atom. The minimum atomic E-state index is -0.773. The van der Waals surface area contributed by atoms with E-state index in [1.54, 1.807) is 0 Å². The lowest BCUT2D eigenvalue weighted by Gasteiger charge is -2.06. The second-order valence-electron chi connectivity index (χ2n) is 2.81. The number of pyridine rings is 1. The van der Waals surface area contributed by atoms with Gasteiger partial charge in [-0.25, -0.2) is 4.39 Å². The third-order valence-corrected chi connectivity index (χ3v) is 3.27. The molecule has 0 fully saturated rings. The molecule has 0 aliphatic carbocycles. The van der Waals surface area contributed by atoms with E-state index in [1.165, 1.54) is 12.3 Å². The van der Waals surface area contributed by atoms with Gasteiger partial charge >= 0.3 is 0 Å². The largest absolute Gasteiger partial charge is 0.253 e. The van der Waals surface area contributed by atoms with Gasteiger partial charge in [0.2, 0.25) is 0 Å². The summed E-state index contributed by atoms with van der Waals surface area (Å²) in [6.07, 6.45) is 1.36. The lowest BCUT2D eigenvalue weighted by atomic mass is 10.2. The average Bonchev–Trinajstić information content (AvgIpc) is 2.23. The molecular formula is C9H2Cl4FN. The molecule has 0 N–H and O–H groups in total. The zero-order valence-electron chi connectivity index (χ0n) is 6.99. The molecule has 1 aromatic heterocycles. The van der Waals surface area contributed by atoms with Gasteiger partial charge in [0.05, 0.1) is 20.6 Å². The first-order valence-electron chi connectivity index (χ1n) is 3.79. The molecule has 0 aliphatic rings. The van der Waals surface area contributed by atoms with Gasteiger partial charge in [0.1, 0.15) is 5.02 Å². The molecule has 0 unspecified atom stereocenters. The van der Waals surface area contributed by atoms with E-state index < -0.39 is 5.82 Å². The quantitative estimate of drug-likeness (QED) is 0.491. The van der Waals surface area contributed by atoms with Gasteiger partial charge in [-0.3, -0.25) is 4.98 Å². The van der Waals surface area contributed by atoms with Crippen LogP contribution in [0.15, 0.2) is 12.3 Å². The molecular weight excluding hydrogens is 283 g/mol. The lowest BCUT2D eigenvalue weighted by molar-refractivity contribution is 0.630. The van der Waals surface area contributed by atoms with Gasteiger partial charge in [-0.05, 0) is 6.07 Å². The van der Waals surface area contributed by atoms with Crippen LogP contribution in [0, 0.1) is 5.82 Å². The summed E-state index contributed by atoms with van der Waals surface area (Å²) in [6, 6.07) is 1.53. The number of hydrogen-bond donors (Lipinski definition) is 0. The summed E-state index contributed by atoms with van der Waals surface area (Å²) < 4.78 is 13.4. The predicted octanol–water partition coefficient (Wildman–Crippen LogP) is 4.99. The number of hydrogen-bond acceptors (Lipinski definition) is 1. The van der Waals surface area contributed by atoms with Crippen molar-refractivity contribution in [3.8, 4) is 0 Å². The summed E-state index contributed by atoms with van der Waals surface area (Å²) in [5.74, 6) is -0.773. The molecule has 1 heterocycles. The summed E-state index contributed by atoms with van der Waals surface area (Å²) in [4.78, 5) is 3.90. The van der Waals surface area contributed by atoms with E-state index in [9.17, 15) is 4.39 Å². The molecule has 0 radical (unpaired) electrons. The summed E-state index contributed by atoms with van der Waals surface area (Å²) in [7, 11) is 0. The Labute approximate surface area is 105 Å². The molecule has 6 heteroatoms. The maximum atomic E-state index is 13.4. The van der Waals surface area contributed by atoms with Gasteiger partial charge in [-0.2, -0.15) is 0 Å². The van der Waals surface area contributed by atoms with Crippen molar-refractivity contribution in [3.05, 3.63) is 38.2 Å². The number of benzene rings is 1. The Hall–Kier alpha value is -0.280. The summed E-state index contributed by atoms with van der Waals surface area (Å²) in [5, 5.41) is 0.488. The molecule has 0 atom stereocenters. The van der Waals surface area contributed by atoms with E-state index in [2.05, 4.69) is 4.98 Å². The van der Waals surface area contributed by atoms with E-state index in [4.69, 9.17) is 46.4 Å². The van der Waals surface area contributed by atoms with Gasteiger partial charge in [-0.15, -0.1) is 0 Å². The first kappa shape index (κ1) is 11.2. The van der Waals surface area contributed by atoms with Crippen LogP contribution in [-0.2, 0) is 0 Å². The smallest absolute Gasteiger partial charge is 0.164 e. The third kappa shape index (κ3) is 1.76. The van der Waals surface area contributed by atoms with Crippen molar-refractivity contribution < 1.29 is 4.39 Å². The SMILES string of the molecule is Fc1c(Cl)c(Cl)c2cc(Cl)cnc2c1Cl. The van der Waals surface area contributed by atoms with Gasteiger partial charge in [0.25, 0.3) is 0 Å². The van der Waals surface area contributed by atoms with Gasteiger partial charge in [0, 0.05) is 11.6 Å². The van der Waals surface area contributed by atoms with Crippen molar-refractivity contribution in [2.45, 2.75) is 0 Å². The second kappa shape index (κ2) is 3.95. The molecule has 15 heavy (non-hydrogen) atoms. The second-order valence-corrected chi connectivity index (χ2v) is 4.38. The van der Waals surface area contributed by atoms with Crippen molar-refractivity contribution in [1.82, 2.24) is 4.98 Å². The Kier molecular flexibility index (Phi) is 2.95. The van der Waals surface area contributed by atoms with E-state index >= 15 is 0 Å². The van der Waals surface area contributed by atoms with Gasteiger partial charge in [-0.1, -0.05) is 46.4 Å². The van der Waals surface area contributed by atoms with Crippen LogP contribution in [0.1, 0.15) is 0 Å². The summed E-state index contributed by atoms with van der Waals surface area (Å²) in [5.41, 5.74) is 0.243. The Morgan fingerprint density at radius 3 is 2.33 bits per heavy atom. The normalized spacial score (nSPS) is 11.0. The van der Waals surface area contributed by atoms with Crippen LogP contribution in [0.2, 0.25) is 20.1 Å². The molecule has 1 aromatic carbocycles. The van der Waals surface area contributed by atoms with Crippen LogP contribution in [0.5, 0.6) is 0 Å². The van der Waals surface area contributed by atoms with Crippen molar-refractivity contribution in [3.63, 3.8) is 0 Å². The van der Waals surface area contributed by atoms with Crippen LogP contribution in [-0.4, -0.2) is 4.98 Å². The zero-order chi connectivity index (χ0) is 11.2. The molecule has 2 rings (SSSR count). The highest BCUT2D eigenvalue weighted by Gasteiger charge is 2.17. The van der Waals surface area contributed by atoms with Crippen LogP contribution < -0.4 is 0 Å². The number of fused-ring (bicyclic) bond motifs is 1. The summed E-state index contributed by atoms with van der Waals surface area (Å²) >= 11 is 23.0. The van der Waals surface area contributed by atoms with Crippen molar-refractivity contribution in [1.29, 1.82) is 0 Å². The maximum Gasteiger partial charge on any atom is 0.164 e. The van der Waals surface area contributed by atoms with Crippen LogP contribution in [0.3, 0.4) is 0 Å². The monoisotopic (exact) mass is 283 g/mol. The number of halogens is 5. The lowest BCUT2D eigenvalue weighted by Crippen LogP contribution is -1.88. The van der Waals surface area contributed by atoms with Crippen molar-refractivity contribution in [2.75, 3.05) is 0 Å². The number of aromatic nitrogens is 1. The van der Waals surface area contributed by atoms with Crippen LogP contribution in [0.25, 0.3) is 10.9 Å². The Bertz CT molecular complexity index is 556. The maximum absolute atomic E-state index is 13.4. The first-order valence-corrected chi connectivity index (χ1v) is 5.30. The van der Waals surface area contributed by atoms with E-state index in [0.29, 0.717) is 10.4 Å². The minimum absolute atomic E-state index is 0.0589. The topological polar surface area (TPSA) is 12.9 Å². The molecule has 0 saturated heterocycles. The zero-order valence-corrected chi connectivity index (χ0v) is 10.0. The molecule has 0 spiro atoms. The van der Waals surface area contributed by atoms with E-state index in [1.807, 2.05) is 0 Å². The fourth-order valence-corrected chi connectivity index (χ4v) is 2.07. The molecule has 0 bridgehead atoms. The fraction of sp³-hybridized carbons (Fsp3) is 0. The predicted molar refractivity (Wildman–Crippen MR) is 61.7 cm³/mol. The number of nitrogens with zero attached hydrogens (tertiary/aromatic N) is 1. The highest BCUT2D eigenvalue weighted by molar-refractivity contribution is 6.48. The first-order chi connectivity index (χ1) is 7.02. The molecule has 0 aliphatic heterocycles. The Balaban J connectivity index is 3.00. The molecule has 0 saturated carbocycles. The van der Waals surface area contributed by atoms with E-state index in [0.717, 1.165) is 0 Å². The summed E-state index contributed by atoms with van der Waals surface area (Å²) in [6.45, 7) is 0. The average molecular weight is 285 g/mol. The standard InChI is InChI=1S/C9H2Cl4FN/c10-3-1-4-5(11)6(12)8(14)7(13)9(4)15-2-3/h1-2H. The number of rotatable bonds is 0. The molecule has 1 nitrogen and oxygen atoms in total. The Morgan fingerprint density at radius 2 is 1.67 bits per heavy atom. The minimum Gasteiger partial charge on any atom is -0.253 e. The fourth-order valence-electron chi connectivity index (χ4n) is 1.20. The highest BCUT2D eigenvalue weighted by Crippen LogP contribution is 2.38. The highest BCUT2D eigenvalue weighted by atomic mass is 35.5. The van der Waals surface area contributed by atoms with Gasteiger partial charge in [0.15, 0.2) is 5.82 Å². The molecule has 0 amide bonds. The van der Waals surface area contributed by atoms with Crippen molar-refractivity contribution in [2.24, 2.45) is 0 Å². The van der Waals surface area contributed by atoms with Crippen LogP contribution in [0.4, 0.5) is 4.39 Å². The van der Waals surface area contributed by atoms with E-state index in [-0.39, 0.29) is 20.6 Å². The molecule has 2 aromatic rings. The third-order valence-electron chi connectivity index (χ3n) is 1.88.